The Bertz CT molecular complexity index is 688. The van der Waals surface area contributed by atoms with Gasteiger partial charge in [-0.2, -0.15) is 0 Å². The molecule has 2 rings (SSSR count). The Morgan fingerprint density at radius 1 is 1.25 bits per heavy atom. The van der Waals surface area contributed by atoms with E-state index in [1.807, 2.05) is 0 Å². The Morgan fingerprint density at radius 2 is 2.00 bits per heavy atom. The van der Waals surface area contributed by atoms with Crippen LogP contribution in [0.15, 0.2) is 47.4 Å². The normalized spacial score (nSPS) is 11.9. The molecule has 0 aliphatic heterocycles. The van der Waals surface area contributed by atoms with Gasteiger partial charge in [0.25, 0.3) is 5.91 Å². The van der Waals surface area contributed by atoms with Crippen LogP contribution in [0.1, 0.15) is 15.9 Å². The van der Waals surface area contributed by atoms with E-state index in [0.717, 1.165) is 0 Å². The zero-order valence-corrected chi connectivity index (χ0v) is 11.4. The summed E-state index contributed by atoms with van der Waals surface area (Å²) in [6.45, 7) is 1.60. The Hall–Kier alpha value is -2.05. The molecule has 0 bridgehead atoms. The highest BCUT2D eigenvalue weighted by Crippen LogP contribution is 2.15. The third-order valence-corrected chi connectivity index (χ3v) is 3.37. The number of hydrogen-bond donors (Lipinski definition) is 2. The molecule has 1 amide bonds. The molecule has 1 unspecified atom stereocenters. The van der Waals surface area contributed by atoms with Crippen LogP contribution in [0.25, 0.3) is 0 Å². The lowest BCUT2D eigenvalue weighted by Gasteiger charge is -2.07. The van der Waals surface area contributed by atoms with E-state index >= 15 is 0 Å². The van der Waals surface area contributed by atoms with Crippen molar-refractivity contribution < 1.29 is 17.9 Å². The van der Waals surface area contributed by atoms with Crippen molar-refractivity contribution in [1.29, 1.82) is 0 Å². The van der Waals surface area contributed by atoms with Crippen LogP contribution in [0.2, 0.25) is 0 Å². The van der Waals surface area contributed by atoms with Crippen molar-refractivity contribution >= 4 is 22.7 Å². The molecule has 4 nitrogen and oxygen atoms in total. The Balaban J connectivity index is 2.21. The van der Waals surface area contributed by atoms with Gasteiger partial charge in [0.1, 0.15) is 5.82 Å². The average Bonchev–Trinajstić information content (AvgIpc) is 2.43. The summed E-state index contributed by atoms with van der Waals surface area (Å²) in [6.07, 6.45) is 0. The average molecular weight is 293 g/mol. The molecular weight excluding hydrogens is 281 g/mol. The monoisotopic (exact) mass is 293 g/mol. The smallest absolute Gasteiger partial charge is 0.255 e. The molecule has 0 radical (unpaired) electrons. The fourth-order valence-electron chi connectivity index (χ4n) is 1.67. The molecule has 0 spiro atoms. The van der Waals surface area contributed by atoms with Gasteiger partial charge in [0, 0.05) is 11.3 Å². The predicted molar refractivity (Wildman–Crippen MR) is 74.6 cm³/mol. The van der Waals surface area contributed by atoms with Crippen molar-refractivity contribution in [3.8, 4) is 0 Å². The number of anilines is 1. The standard InChI is InChI=1S/C14H12FNO3S/c1-9-7-11(5-6-13(9)15)16-14(17)10-3-2-4-12(8-10)20(18)19/h2-8H,1H3,(H,16,17)(H,18,19). The maximum absolute atomic E-state index is 13.1. The molecule has 0 heterocycles. The summed E-state index contributed by atoms with van der Waals surface area (Å²) in [5, 5.41) is 2.61. The molecule has 0 saturated heterocycles. The van der Waals surface area contributed by atoms with Crippen LogP contribution in [0, 0.1) is 12.7 Å². The zero-order valence-electron chi connectivity index (χ0n) is 10.6. The lowest BCUT2D eigenvalue weighted by atomic mass is 10.2. The third-order valence-electron chi connectivity index (χ3n) is 2.71. The van der Waals surface area contributed by atoms with Crippen molar-refractivity contribution in [1.82, 2.24) is 0 Å². The van der Waals surface area contributed by atoms with E-state index in [-0.39, 0.29) is 16.3 Å². The van der Waals surface area contributed by atoms with Crippen molar-refractivity contribution in [3.05, 3.63) is 59.4 Å². The van der Waals surface area contributed by atoms with Crippen LogP contribution >= 0.6 is 0 Å². The second-order valence-electron chi connectivity index (χ2n) is 4.20. The molecule has 2 aromatic rings. The molecule has 104 valence electrons. The summed E-state index contributed by atoms with van der Waals surface area (Å²) < 4.78 is 33.1. The summed E-state index contributed by atoms with van der Waals surface area (Å²) >= 11 is -2.14. The highest BCUT2D eigenvalue weighted by atomic mass is 32.2. The first-order chi connectivity index (χ1) is 9.47. The maximum Gasteiger partial charge on any atom is 0.255 e. The van der Waals surface area contributed by atoms with Gasteiger partial charge in [0.2, 0.25) is 0 Å². The lowest BCUT2D eigenvalue weighted by molar-refractivity contribution is 0.102. The Morgan fingerprint density at radius 3 is 2.65 bits per heavy atom. The molecule has 1 atom stereocenters. The molecule has 0 fully saturated rings. The van der Waals surface area contributed by atoms with E-state index in [2.05, 4.69) is 5.32 Å². The van der Waals surface area contributed by atoms with E-state index in [1.54, 1.807) is 6.92 Å². The van der Waals surface area contributed by atoms with Gasteiger partial charge in [-0.15, -0.1) is 0 Å². The highest BCUT2D eigenvalue weighted by Gasteiger charge is 2.09. The number of nitrogens with one attached hydrogen (secondary N) is 1. The summed E-state index contributed by atoms with van der Waals surface area (Å²) in [5.74, 6) is -0.774. The number of carbonyl (C=O) groups is 1. The van der Waals surface area contributed by atoms with Crippen molar-refractivity contribution in [2.75, 3.05) is 5.32 Å². The molecule has 2 aromatic carbocycles. The van der Waals surface area contributed by atoms with Crippen LogP contribution < -0.4 is 5.32 Å². The number of halogens is 1. The van der Waals surface area contributed by atoms with Gasteiger partial charge in [-0.25, -0.2) is 8.60 Å². The maximum atomic E-state index is 13.1. The van der Waals surface area contributed by atoms with Gasteiger partial charge >= 0.3 is 0 Å². The Labute approximate surface area is 117 Å². The molecule has 2 N–H and O–H groups in total. The zero-order chi connectivity index (χ0) is 14.7. The third kappa shape index (κ3) is 3.28. The van der Waals surface area contributed by atoms with Crippen LogP contribution in [0.3, 0.4) is 0 Å². The van der Waals surface area contributed by atoms with Gasteiger partial charge in [0.15, 0.2) is 11.1 Å². The van der Waals surface area contributed by atoms with Crippen LogP contribution in [0.4, 0.5) is 10.1 Å². The minimum atomic E-state index is -2.14. The van der Waals surface area contributed by atoms with Gasteiger partial charge in [-0.1, -0.05) is 6.07 Å². The molecule has 0 aliphatic carbocycles. The molecule has 20 heavy (non-hydrogen) atoms. The van der Waals surface area contributed by atoms with E-state index in [0.29, 0.717) is 11.3 Å². The fraction of sp³-hybridized carbons (Fsp3) is 0.0714. The molecule has 0 aromatic heterocycles. The molecule has 0 aliphatic rings. The first-order valence-corrected chi connectivity index (χ1v) is 6.86. The van der Waals surface area contributed by atoms with E-state index in [4.69, 9.17) is 4.55 Å². The molecule has 6 heteroatoms. The van der Waals surface area contributed by atoms with Crippen LogP contribution in [-0.2, 0) is 11.1 Å². The number of rotatable bonds is 3. The number of aryl methyl sites for hydroxylation is 1. The number of carbonyl (C=O) groups excluding carboxylic acids is 1. The second-order valence-corrected chi connectivity index (χ2v) is 5.16. The summed E-state index contributed by atoms with van der Waals surface area (Å²) in [4.78, 5) is 12.1. The number of amides is 1. The quantitative estimate of drug-likeness (QED) is 0.855. The van der Waals surface area contributed by atoms with Crippen molar-refractivity contribution in [2.24, 2.45) is 0 Å². The van der Waals surface area contributed by atoms with Gasteiger partial charge in [0.05, 0.1) is 4.90 Å². The van der Waals surface area contributed by atoms with Gasteiger partial charge in [-0.05, 0) is 48.9 Å². The Kier molecular flexibility index (Phi) is 4.26. The first kappa shape index (κ1) is 14.4. The van der Waals surface area contributed by atoms with Crippen molar-refractivity contribution in [3.63, 3.8) is 0 Å². The second kappa shape index (κ2) is 5.94. The SMILES string of the molecule is Cc1cc(NC(=O)c2cccc(S(=O)O)c2)ccc1F. The lowest BCUT2D eigenvalue weighted by Crippen LogP contribution is -2.12. The van der Waals surface area contributed by atoms with Crippen LogP contribution in [0.5, 0.6) is 0 Å². The predicted octanol–water partition coefficient (Wildman–Crippen LogP) is 2.97. The van der Waals surface area contributed by atoms with E-state index < -0.39 is 17.0 Å². The highest BCUT2D eigenvalue weighted by molar-refractivity contribution is 7.79. The van der Waals surface area contributed by atoms with Gasteiger partial charge in [-0.3, -0.25) is 4.79 Å². The first-order valence-electron chi connectivity index (χ1n) is 5.76. The van der Waals surface area contributed by atoms with E-state index in [1.165, 1.54) is 42.5 Å². The minimum absolute atomic E-state index is 0.146. The van der Waals surface area contributed by atoms with E-state index in [9.17, 15) is 13.4 Å². The minimum Gasteiger partial charge on any atom is -0.322 e. The van der Waals surface area contributed by atoms with Crippen LogP contribution in [-0.4, -0.2) is 14.7 Å². The molecule has 0 saturated carbocycles. The number of hydrogen-bond acceptors (Lipinski definition) is 2. The fourth-order valence-corrected chi connectivity index (χ4v) is 2.09. The number of benzene rings is 2. The summed E-state index contributed by atoms with van der Waals surface area (Å²) in [5.41, 5.74) is 1.14. The summed E-state index contributed by atoms with van der Waals surface area (Å²) in [7, 11) is 0. The molecular formula is C14H12FNO3S. The van der Waals surface area contributed by atoms with Gasteiger partial charge < -0.3 is 9.87 Å². The topological polar surface area (TPSA) is 66.4 Å². The summed E-state index contributed by atoms with van der Waals surface area (Å²) in [6, 6.07) is 10.1. The largest absolute Gasteiger partial charge is 0.322 e. The van der Waals surface area contributed by atoms with Crippen molar-refractivity contribution in [2.45, 2.75) is 11.8 Å².